The van der Waals surface area contributed by atoms with E-state index in [1.54, 1.807) is 24.3 Å². The molecule has 0 bridgehead atoms. The monoisotopic (exact) mass is 247 g/mol. The lowest BCUT2D eigenvalue weighted by Crippen LogP contribution is -2.24. The van der Waals surface area contributed by atoms with Crippen LogP contribution in [0.15, 0.2) is 54.6 Å². The maximum Gasteiger partial charge on any atom is 0.273 e. The molecule has 1 heterocycles. The van der Waals surface area contributed by atoms with Crippen LogP contribution in [0.4, 0.5) is 0 Å². The Balaban J connectivity index is 1.96. The Kier molecular flexibility index (Phi) is 2.62. The number of imide groups is 1. The van der Waals surface area contributed by atoms with Crippen LogP contribution >= 0.6 is 0 Å². The molecule has 0 fully saturated rings. The molecule has 0 radical (unpaired) electrons. The van der Waals surface area contributed by atoms with Crippen molar-refractivity contribution >= 4 is 11.8 Å². The lowest BCUT2D eigenvalue weighted by atomic mass is 10.1. The molecule has 0 spiro atoms. The van der Waals surface area contributed by atoms with Gasteiger partial charge in [0, 0.05) is 11.6 Å². The van der Waals surface area contributed by atoms with Gasteiger partial charge in [0.1, 0.15) is 0 Å². The number of carbonyl (C=O) groups is 2. The number of benzene rings is 2. The SMILES string of the molecule is O=C1c2ccccc2C(=O)N1C#Cc1ccccc1. The molecule has 0 aromatic heterocycles. The van der Waals surface area contributed by atoms with Crippen LogP contribution < -0.4 is 0 Å². The van der Waals surface area contributed by atoms with Crippen molar-refractivity contribution in [3.05, 3.63) is 71.3 Å². The summed E-state index contributed by atoms with van der Waals surface area (Å²) >= 11 is 0. The first-order valence-electron chi connectivity index (χ1n) is 5.82. The van der Waals surface area contributed by atoms with E-state index in [0.717, 1.165) is 10.5 Å². The van der Waals surface area contributed by atoms with Crippen LogP contribution in [0.3, 0.4) is 0 Å². The van der Waals surface area contributed by atoms with E-state index in [1.807, 2.05) is 30.3 Å². The van der Waals surface area contributed by atoms with Gasteiger partial charge in [0.2, 0.25) is 0 Å². The zero-order valence-electron chi connectivity index (χ0n) is 9.96. The number of rotatable bonds is 0. The van der Waals surface area contributed by atoms with E-state index in [1.165, 1.54) is 0 Å². The number of hydrogen-bond acceptors (Lipinski definition) is 2. The quantitative estimate of drug-likeness (QED) is 0.529. The third kappa shape index (κ3) is 1.90. The first-order valence-corrected chi connectivity index (χ1v) is 5.82. The highest BCUT2D eigenvalue weighted by Crippen LogP contribution is 2.21. The van der Waals surface area contributed by atoms with Gasteiger partial charge in [-0.25, -0.2) is 0 Å². The molecule has 3 heteroatoms. The van der Waals surface area contributed by atoms with Gasteiger partial charge in [-0.05, 0) is 30.2 Å². The molecule has 0 saturated heterocycles. The van der Waals surface area contributed by atoms with E-state index in [2.05, 4.69) is 12.0 Å². The minimum atomic E-state index is -0.357. The molecule has 0 unspecified atom stereocenters. The van der Waals surface area contributed by atoms with Crippen molar-refractivity contribution in [1.82, 2.24) is 4.90 Å². The van der Waals surface area contributed by atoms with Crippen LogP contribution in [0.25, 0.3) is 0 Å². The van der Waals surface area contributed by atoms with Crippen molar-refractivity contribution in [2.45, 2.75) is 0 Å². The lowest BCUT2D eigenvalue weighted by molar-refractivity contribution is 0.0735. The van der Waals surface area contributed by atoms with Gasteiger partial charge in [-0.1, -0.05) is 30.3 Å². The van der Waals surface area contributed by atoms with Gasteiger partial charge in [-0.15, -0.1) is 0 Å². The van der Waals surface area contributed by atoms with Crippen molar-refractivity contribution in [3.63, 3.8) is 0 Å². The normalized spacial score (nSPS) is 12.9. The van der Waals surface area contributed by atoms with Crippen LogP contribution in [-0.4, -0.2) is 16.7 Å². The summed E-state index contributed by atoms with van der Waals surface area (Å²) < 4.78 is 0. The third-order valence-corrected chi connectivity index (χ3v) is 2.88. The van der Waals surface area contributed by atoms with Crippen LogP contribution in [-0.2, 0) is 0 Å². The van der Waals surface area contributed by atoms with Gasteiger partial charge in [-0.3, -0.25) is 9.59 Å². The average Bonchev–Trinajstić information content (AvgIpc) is 2.71. The van der Waals surface area contributed by atoms with Crippen molar-refractivity contribution in [1.29, 1.82) is 0 Å². The maximum atomic E-state index is 12.0. The molecule has 1 aliphatic heterocycles. The molecular weight excluding hydrogens is 238 g/mol. The van der Waals surface area contributed by atoms with E-state index in [-0.39, 0.29) is 11.8 Å². The summed E-state index contributed by atoms with van der Waals surface area (Å²) in [7, 11) is 0. The Morgan fingerprint density at radius 1 is 0.737 bits per heavy atom. The zero-order valence-corrected chi connectivity index (χ0v) is 9.96. The van der Waals surface area contributed by atoms with Crippen molar-refractivity contribution < 1.29 is 9.59 Å². The topological polar surface area (TPSA) is 37.4 Å². The Bertz CT molecular complexity index is 688. The molecule has 0 N–H and O–H groups in total. The number of nitrogens with zero attached hydrogens (tertiary/aromatic N) is 1. The van der Waals surface area contributed by atoms with Gasteiger partial charge >= 0.3 is 0 Å². The Morgan fingerprint density at radius 2 is 1.26 bits per heavy atom. The lowest BCUT2D eigenvalue weighted by Gasteiger charge is -2.02. The van der Waals surface area contributed by atoms with Gasteiger partial charge in [0.25, 0.3) is 11.8 Å². The van der Waals surface area contributed by atoms with Crippen molar-refractivity contribution in [2.24, 2.45) is 0 Å². The highest BCUT2D eigenvalue weighted by molar-refractivity contribution is 6.22. The van der Waals surface area contributed by atoms with Gasteiger partial charge < -0.3 is 0 Å². The third-order valence-electron chi connectivity index (χ3n) is 2.88. The number of amides is 2. The summed E-state index contributed by atoms with van der Waals surface area (Å²) in [5.41, 5.74) is 1.59. The molecule has 2 aromatic rings. The van der Waals surface area contributed by atoms with E-state index in [4.69, 9.17) is 0 Å². The van der Waals surface area contributed by atoms with Crippen molar-refractivity contribution in [3.8, 4) is 12.0 Å². The summed E-state index contributed by atoms with van der Waals surface area (Å²) in [6, 6.07) is 18.6. The summed E-state index contributed by atoms with van der Waals surface area (Å²) in [6.45, 7) is 0. The van der Waals surface area contributed by atoms with E-state index in [9.17, 15) is 9.59 Å². The molecule has 2 aromatic carbocycles. The van der Waals surface area contributed by atoms with E-state index in [0.29, 0.717) is 11.1 Å². The fraction of sp³-hybridized carbons (Fsp3) is 0. The molecule has 2 amide bonds. The van der Waals surface area contributed by atoms with E-state index < -0.39 is 0 Å². The summed E-state index contributed by atoms with van der Waals surface area (Å²) in [5.74, 6) is 2.10. The molecule has 3 nitrogen and oxygen atoms in total. The fourth-order valence-corrected chi connectivity index (χ4v) is 1.93. The summed E-state index contributed by atoms with van der Waals surface area (Å²) in [4.78, 5) is 25.0. The smallest absolute Gasteiger partial charge is 0.267 e. The standard InChI is InChI=1S/C16H9NO2/c18-15-13-8-4-5-9-14(13)16(19)17(15)11-10-12-6-2-1-3-7-12/h1-9H. The summed E-state index contributed by atoms with van der Waals surface area (Å²) in [6.07, 6.45) is 0. The predicted octanol–water partition coefficient (Wildman–Crippen LogP) is 2.29. The second kappa shape index (κ2) is 4.43. The molecule has 0 aliphatic carbocycles. The second-order valence-corrected chi connectivity index (χ2v) is 4.09. The van der Waals surface area contributed by atoms with Crippen LogP contribution in [0.2, 0.25) is 0 Å². The first-order chi connectivity index (χ1) is 9.27. The van der Waals surface area contributed by atoms with Crippen LogP contribution in [0.1, 0.15) is 26.3 Å². The average molecular weight is 247 g/mol. The number of carbonyl (C=O) groups excluding carboxylic acids is 2. The van der Waals surface area contributed by atoms with Gasteiger partial charge in [-0.2, -0.15) is 4.90 Å². The molecule has 3 rings (SSSR count). The Labute approximate surface area is 110 Å². The fourth-order valence-electron chi connectivity index (χ4n) is 1.93. The Morgan fingerprint density at radius 3 is 1.84 bits per heavy atom. The molecule has 0 saturated carbocycles. The predicted molar refractivity (Wildman–Crippen MR) is 70.3 cm³/mol. The van der Waals surface area contributed by atoms with Gasteiger partial charge in [0.15, 0.2) is 0 Å². The first kappa shape index (κ1) is 11.2. The highest BCUT2D eigenvalue weighted by atomic mass is 16.2. The highest BCUT2D eigenvalue weighted by Gasteiger charge is 2.34. The number of hydrogen-bond donors (Lipinski definition) is 0. The molecule has 90 valence electrons. The largest absolute Gasteiger partial charge is 0.273 e. The molecular formula is C16H9NO2. The maximum absolute atomic E-state index is 12.0. The molecule has 0 atom stereocenters. The number of fused-ring (bicyclic) bond motifs is 1. The minimum absolute atomic E-state index is 0.357. The van der Waals surface area contributed by atoms with E-state index >= 15 is 0 Å². The summed E-state index contributed by atoms with van der Waals surface area (Å²) in [5, 5.41) is 0. The van der Waals surface area contributed by atoms with Crippen molar-refractivity contribution in [2.75, 3.05) is 0 Å². The zero-order chi connectivity index (χ0) is 13.2. The Hall–Kier alpha value is -2.86. The molecule has 19 heavy (non-hydrogen) atoms. The van der Waals surface area contributed by atoms with Gasteiger partial charge in [0.05, 0.1) is 11.1 Å². The van der Waals surface area contributed by atoms with Crippen LogP contribution in [0.5, 0.6) is 0 Å². The second-order valence-electron chi connectivity index (χ2n) is 4.09. The van der Waals surface area contributed by atoms with Crippen LogP contribution in [0, 0.1) is 12.0 Å². The minimum Gasteiger partial charge on any atom is -0.267 e. The molecule has 1 aliphatic rings.